The molecule has 1 aliphatic rings. The van der Waals surface area contributed by atoms with Crippen molar-refractivity contribution in [1.29, 1.82) is 0 Å². The van der Waals surface area contributed by atoms with E-state index in [1.54, 1.807) is 0 Å². The van der Waals surface area contributed by atoms with E-state index < -0.39 is 0 Å². The fraction of sp³-hybridized carbons (Fsp3) is 0.647. The van der Waals surface area contributed by atoms with Gasteiger partial charge in [-0.3, -0.25) is 0 Å². The normalized spacial score (nSPS) is 28.4. The second-order valence-electron chi connectivity index (χ2n) is 6.93. The Labute approximate surface area is 113 Å². The maximum atomic E-state index is 5.54. The molecule has 0 aromatic rings. The summed E-state index contributed by atoms with van der Waals surface area (Å²) >= 11 is 0. The number of allylic oxidation sites excluding steroid dienone is 3. The van der Waals surface area contributed by atoms with E-state index in [9.17, 15) is 0 Å². The Hall–Kier alpha value is -0.980. The van der Waals surface area contributed by atoms with Crippen LogP contribution in [0.15, 0.2) is 36.6 Å². The molecule has 0 bridgehead atoms. The lowest BCUT2D eigenvalue weighted by Gasteiger charge is -2.21. The van der Waals surface area contributed by atoms with Crippen LogP contribution in [0.1, 0.15) is 47.0 Å². The summed E-state index contributed by atoms with van der Waals surface area (Å²) < 4.78 is 0. The molecule has 0 radical (unpaired) electrons. The highest BCUT2D eigenvalue weighted by Crippen LogP contribution is 2.47. The lowest BCUT2D eigenvalue weighted by atomic mass is 9.84. The Morgan fingerprint density at radius 2 is 1.94 bits per heavy atom. The van der Waals surface area contributed by atoms with Gasteiger partial charge in [0.15, 0.2) is 0 Å². The van der Waals surface area contributed by atoms with E-state index >= 15 is 0 Å². The minimum atomic E-state index is 0.520. The molecule has 0 aliphatic heterocycles. The number of hydrogen-bond donors (Lipinski definition) is 1. The average molecular weight is 247 g/mol. The minimum absolute atomic E-state index is 0.520. The predicted molar refractivity (Wildman–Crippen MR) is 81.1 cm³/mol. The molecule has 0 saturated heterocycles. The molecule has 0 aromatic heterocycles. The summed E-state index contributed by atoms with van der Waals surface area (Å²) in [4.78, 5) is 0. The third-order valence-corrected chi connectivity index (χ3v) is 4.29. The van der Waals surface area contributed by atoms with Crippen molar-refractivity contribution >= 4 is 0 Å². The van der Waals surface area contributed by atoms with Gasteiger partial charge in [0, 0.05) is 5.70 Å². The number of hydrogen-bond acceptors (Lipinski definition) is 1. The van der Waals surface area contributed by atoms with E-state index in [-0.39, 0.29) is 0 Å². The predicted octanol–water partition coefficient (Wildman–Crippen LogP) is 4.67. The van der Waals surface area contributed by atoms with E-state index in [4.69, 9.17) is 5.73 Å². The molecule has 0 heterocycles. The van der Waals surface area contributed by atoms with Crippen molar-refractivity contribution in [2.24, 2.45) is 28.9 Å². The zero-order chi connectivity index (χ0) is 13.9. The molecule has 0 aromatic carbocycles. The molecule has 3 atom stereocenters. The molecule has 1 rings (SSSR count). The van der Waals surface area contributed by atoms with Gasteiger partial charge in [-0.15, -0.1) is 0 Å². The Bertz CT molecular complexity index is 349. The number of nitrogens with two attached hydrogens (primary N) is 1. The van der Waals surface area contributed by atoms with Crippen LogP contribution in [0.3, 0.4) is 0 Å². The van der Waals surface area contributed by atoms with Crippen LogP contribution in [0.25, 0.3) is 0 Å². The van der Waals surface area contributed by atoms with Crippen LogP contribution in [0.4, 0.5) is 0 Å². The first-order chi connectivity index (χ1) is 8.21. The van der Waals surface area contributed by atoms with Crippen LogP contribution in [0.2, 0.25) is 0 Å². The van der Waals surface area contributed by atoms with Crippen LogP contribution < -0.4 is 5.73 Å². The van der Waals surface area contributed by atoms with Gasteiger partial charge in [-0.2, -0.15) is 0 Å². The largest absolute Gasteiger partial charge is 0.399 e. The lowest BCUT2D eigenvalue weighted by molar-refractivity contribution is 0.335. The zero-order valence-electron chi connectivity index (χ0n) is 12.5. The standard InChI is InChI=1S/C17H29N/c1-12(7-8-15(4)18)13(2)9-16-11-17(5,6)10-14(16)3/h7-8,13-14,16H,1,4,9-11,18H2,2-3,5-6H3/b8-7-. The Morgan fingerprint density at radius 3 is 2.39 bits per heavy atom. The summed E-state index contributed by atoms with van der Waals surface area (Å²) in [5.41, 5.74) is 7.82. The van der Waals surface area contributed by atoms with E-state index in [0.29, 0.717) is 17.0 Å². The van der Waals surface area contributed by atoms with Gasteiger partial charge in [0.1, 0.15) is 0 Å². The van der Waals surface area contributed by atoms with Crippen molar-refractivity contribution in [3.8, 4) is 0 Å². The quantitative estimate of drug-likeness (QED) is 0.702. The Balaban J connectivity index is 2.52. The summed E-state index contributed by atoms with van der Waals surface area (Å²) in [6.45, 7) is 17.3. The smallest absolute Gasteiger partial charge is 0.0241 e. The van der Waals surface area contributed by atoms with Crippen molar-refractivity contribution in [1.82, 2.24) is 0 Å². The molecule has 0 amide bonds. The second kappa shape index (κ2) is 5.77. The third kappa shape index (κ3) is 4.36. The Morgan fingerprint density at radius 1 is 1.33 bits per heavy atom. The second-order valence-corrected chi connectivity index (χ2v) is 6.93. The Kier molecular flexibility index (Phi) is 4.84. The number of rotatable bonds is 5. The molecule has 1 saturated carbocycles. The summed E-state index contributed by atoms with van der Waals surface area (Å²) in [5, 5.41) is 0. The van der Waals surface area contributed by atoms with Gasteiger partial charge in [0.2, 0.25) is 0 Å². The van der Waals surface area contributed by atoms with Crippen LogP contribution in [0.5, 0.6) is 0 Å². The molecular weight excluding hydrogens is 218 g/mol. The summed E-state index contributed by atoms with van der Waals surface area (Å²) in [5.74, 6) is 2.20. The molecule has 1 heteroatoms. The van der Waals surface area contributed by atoms with Crippen molar-refractivity contribution < 1.29 is 0 Å². The highest BCUT2D eigenvalue weighted by molar-refractivity contribution is 5.24. The topological polar surface area (TPSA) is 26.0 Å². The first-order valence-electron chi connectivity index (χ1n) is 7.02. The van der Waals surface area contributed by atoms with Gasteiger partial charge in [0.25, 0.3) is 0 Å². The molecule has 2 N–H and O–H groups in total. The van der Waals surface area contributed by atoms with Crippen LogP contribution in [0, 0.1) is 23.2 Å². The van der Waals surface area contributed by atoms with Crippen molar-refractivity contribution in [3.05, 3.63) is 36.6 Å². The first-order valence-corrected chi connectivity index (χ1v) is 7.02. The van der Waals surface area contributed by atoms with Crippen molar-refractivity contribution in [2.75, 3.05) is 0 Å². The monoisotopic (exact) mass is 247 g/mol. The van der Waals surface area contributed by atoms with E-state index in [1.165, 1.54) is 24.8 Å². The van der Waals surface area contributed by atoms with E-state index in [1.807, 2.05) is 12.2 Å². The van der Waals surface area contributed by atoms with Gasteiger partial charge < -0.3 is 5.73 Å². The maximum absolute atomic E-state index is 5.54. The first kappa shape index (κ1) is 15.1. The van der Waals surface area contributed by atoms with Crippen LogP contribution >= 0.6 is 0 Å². The summed E-state index contributed by atoms with van der Waals surface area (Å²) in [6, 6.07) is 0. The molecule has 1 fully saturated rings. The average Bonchev–Trinajstić information content (AvgIpc) is 2.48. The van der Waals surface area contributed by atoms with Crippen molar-refractivity contribution in [3.63, 3.8) is 0 Å². The van der Waals surface area contributed by atoms with Gasteiger partial charge in [-0.05, 0) is 48.5 Å². The molecule has 3 unspecified atom stereocenters. The fourth-order valence-corrected chi connectivity index (χ4v) is 3.33. The highest BCUT2D eigenvalue weighted by atomic mass is 14.5. The molecule has 102 valence electrons. The molecular formula is C17H29N. The lowest BCUT2D eigenvalue weighted by Crippen LogP contribution is -2.10. The molecule has 1 nitrogen and oxygen atoms in total. The molecule has 0 spiro atoms. The van der Waals surface area contributed by atoms with Crippen LogP contribution in [-0.4, -0.2) is 0 Å². The van der Waals surface area contributed by atoms with Gasteiger partial charge >= 0.3 is 0 Å². The zero-order valence-corrected chi connectivity index (χ0v) is 12.5. The summed E-state index contributed by atoms with van der Waals surface area (Å²) in [7, 11) is 0. The van der Waals surface area contributed by atoms with Gasteiger partial charge in [-0.25, -0.2) is 0 Å². The van der Waals surface area contributed by atoms with Crippen LogP contribution in [-0.2, 0) is 0 Å². The van der Waals surface area contributed by atoms with Crippen molar-refractivity contribution in [2.45, 2.75) is 47.0 Å². The third-order valence-electron chi connectivity index (χ3n) is 4.29. The van der Waals surface area contributed by atoms with E-state index in [0.717, 1.165) is 11.8 Å². The molecule has 1 aliphatic carbocycles. The SMILES string of the molecule is C=C(N)/C=C\C(=C)C(C)CC1CC(C)(C)CC1C. The fourth-order valence-electron chi connectivity index (χ4n) is 3.33. The maximum Gasteiger partial charge on any atom is 0.0241 e. The summed E-state index contributed by atoms with van der Waals surface area (Å²) in [6.07, 6.45) is 7.80. The highest BCUT2D eigenvalue weighted by Gasteiger charge is 2.36. The minimum Gasteiger partial charge on any atom is -0.399 e. The van der Waals surface area contributed by atoms with Gasteiger partial charge in [0.05, 0.1) is 0 Å². The van der Waals surface area contributed by atoms with E-state index in [2.05, 4.69) is 40.9 Å². The molecule has 18 heavy (non-hydrogen) atoms. The van der Waals surface area contributed by atoms with Gasteiger partial charge in [-0.1, -0.05) is 52.5 Å².